The van der Waals surface area contributed by atoms with Crippen molar-refractivity contribution in [2.45, 2.75) is 11.4 Å². The Labute approximate surface area is 143 Å². The molecule has 2 unspecified atom stereocenters. The highest BCUT2D eigenvalue weighted by Crippen LogP contribution is 2.42. The Morgan fingerprint density at radius 1 is 1.09 bits per heavy atom. The molecule has 0 radical (unpaired) electrons. The molecule has 118 valence electrons. The van der Waals surface area contributed by atoms with Crippen LogP contribution < -0.4 is 0 Å². The van der Waals surface area contributed by atoms with Crippen LogP contribution in [-0.4, -0.2) is 33.7 Å². The number of benzene rings is 2. The lowest BCUT2D eigenvalue weighted by atomic mass is 10.1. The quantitative estimate of drug-likeness (QED) is 0.920. The molecule has 0 saturated carbocycles. The predicted octanol–water partition coefficient (Wildman–Crippen LogP) is 3.68. The molecule has 2 aromatic carbocycles. The molecule has 0 bridgehead atoms. The molecule has 2 aromatic rings. The van der Waals surface area contributed by atoms with Crippen molar-refractivity contribution in [3.05, 3.63) is 70.7 Å². The Morgan fingerprint density at radius 3 is 2.35 bits per heavy atom. The summed E-state index contributed by atoms with van der Waals surface area (Å²) < 4.78 is 0. The Kier molecular flexibility index (Phi) is 4.59. The highest BCUT2D eigenvalue weighted by Gasteiger charge is 2.42. The van der Waals surface area contributed by atoms with E-state index in [0.717, 1.165) is 5.56 Å². The van der Waals surface area contributed by atoms with Crippen LogP contribution in [0.4, 0.5) is 0 Å². The van der Waals surface area contributed by atoms with E-state index in [1.165, 1.54) is 16.7 Å². The number of carbonyl (C=O) groups is 2. The van der Waals surface area contributed by atoms with Gasteiger partial charge in [0.25, 0.3) is 5.91 Å². The number of thioether (sulfide) groups is 1. The average molecular weight is 348 g/mol. The molecule has 1 amide bonds. The maximum Gasteiger partial charge on any atom is 0.327 e. The van der Waals surface area contributed by atoms with E-state index in [0.29, 0.717) is 16.3 Å². The summed E-state index contributed by atoms with van der Waals surface area (Å²) in [6, 6.07) is 15.1. The van der Waals surface area contributed by atoms with Crippen molar-refractivity contribution in [2.24, 2.45) is 0 Å². The van der Waals surface area contributed by atoms with E-state index in [1.54, 1.807) is 24.3 Å². The van der Waals surface area contributed by atoms with Gasteiger partial charge in [-0.05, 0) is 29.8 Å². The van der Waals surface area contributed by atoms with Crippen molar-refractivity contribution in [1.29, 1.82) is 0 Å². The molecule has 1 saturated heterocycles. The van der Waals surface area contributed by atoms with Crippen LogP contribution in [0.1, 0.15) is 21.3 Å². The number of carboxylic acids is 1. The molecule has 1 heterocycles. The number of amides is 1. The number of rotatable bonds is 3. The maximum atomic E-state index is 12.9. The van der Waals surface area contributed by atoms with Crippen LogP contribution in [-0.2, 0) is 4.79 Å². The summed E-state index contributed by atoms with van der Waals surface area (Å²) in [5.74, 6) is -0.917. The van der Waals surface area contributed by atoms with Crippen LogP contribution in [0.5, 0.6) is 0 Å². The number of carbonyl (C=O) groups excluding carboxylic acids is 1. The third kappa shape index (κ3) is 3.21. The lowest BCUT2D eigenvalue weighted by Crippen LogP contribution is -2.42. The Bertz CT molecular complexity index is 720. The lowest BCUT2D eigenvalue weighted by Gasteiger charge is -2.27. The topological polar surface area (TPSA) is 57.6 Å². The van der Waals surface area contributed by atoms with Gasteiger partial charge in [0.1, 0.15) is 11.4 Å². The summed E-state index contributed by atoms with van der Waals surface area (Å²) in [4.78, 5) is 25.9. The monoisotopic (exact) mass is 347 g/mol. The fraction of sp³-hybridized carbons (Fsp3) is 0.176. The summed E-state index contributed by atoms with van der Waals surface area (Å²) >= 11 is 7.32. The zero-order chi connectivity index (χ0) is 16.4. The first-order valence-corrected chi connectivity index (χ1v) is 8.48. The van der Waals surface area contributed by atoms with Crippen LogP contribution >= 0.6 is 23.4 Å². The van der Waals surface area contributed by atoms with E-state index >= 15 is 0 Å². The van der Waals surface area contributed by atoms with Crippen LogP contribution in [0.3, 0.4) is 0 Å². The van der Waals surface area contributed by atoms with Gasteiger partial charge in [-0.25, -0.2) is 4.79 Å². The number of halogens is 1. The van der Waals surface area contributed by atoms with E-state index in [1.807, 2.05) is 30.3 Å². The SMILES string of the molecule is O=C(O)C1CSC(c2ccccc2)N1C(=O)c1ccc(Cl)cc1. The summed E-state index contributed by atoms with van der Waals surface area (Å²) in [6.45, 7) is 0. The molecule has 23 heavy (non-hydrogen) atoms. The minimum atomic E-state index is -0.988. The van der Waals surface area contributed by atoms with Crippen LogP contribution in [0.15, 0.2) is 54.6 Å². The second-order valence-electron chi connectivity index (χ2n) is 5.17. The number of carboxylic acid groups (broad SMARTS) is 1. The number of nitrogens with zero attached hydrogens (tertiary/aromatic N) is 1. The largest absolute Gasteiger partial charge is 0.480 e. The van der Waals surface area contributed by atoms with E-state index in [9.17, 15) is 14.7 Å². The van der Waals surface area contributed by atoms with Crippen LogP contribution in [0.25, 0.3) is 0 Å². The van der Waals surface area contributed by atoms with Gasteiger partial charge in [-0.2, -0.15) is 0 Å². The summed E-state index contributed by atoms with van der Waals surface area (Å²) in [5, 5.41) is 9.69. The maximum absolute atomic E-state index is 12.9. The van der Waals surface area contributed by atoms with E-state index in [-0.39, 0.29) is 11.3 Å². The normalized spacial score (nSPS) is 20.5. The summed E-state index contributed by atoms with van der Waals surface area (Å²) in [5.41, 5.74) is 1.35. The molecule has 2 atom stereocenters. The van der Waals surface area contributed by atoms with Gasteiger partial charge in [-0.3, -0.25) is 4.79 Å². The van der Waals surface area contributed by atoms with Gasteiger partial charge in [-0.15, -0.1) is 11.8 Å². The van der Waals surface area contributed by atoms with E-state index in [4.69, 9.17) is 11.6 Å². The Hall–Kier alpha value is -1.98. The predicted molar refractivity (Wildman–Crippen MR) is 90.7 cm³/mol. The number of aliphatic carboxylic acids is 1. The molecule has 1 N–H and O–H groups in total. The minimum Gasteiger partial charge on any atom is -0.480 e. The number of hydrogen-bond acceptors (Lipinski definition) is 3. The molecule has 4 nitrogen and oxygen atoms in total. The van der Waals surface area contributed by atoms with Crippen molar-refractivity contribution in [2.75, 3.05) is 5.75 Å². The Balaban J connectivity index is 1.97. The van der Waals surface area contributed by atoms with Gasteiger partial charge in [-0.1, -0.05) is 41.9 Å². The van der Waals surface area contributed by atoms with Crippen molar-refractivity contribution in [3.8, 4) is 0 Å². The fourth-order valence-electron chi connectivity index (χ4n) is 2.56. The van der Waals surface area contributed by atoms with Gasteiger partial charge in [0.15, 0.2) is 0 Å². The highest BCUT2D eigenvalue weighted by molar-refractivity contribution is 7.99. The summed E-state index contributed by atoms with van der Waals surface area (Å²) in [7, 11) is 0. The molecular formula is C17H14ClNO3S. The Morgan fingerprint density at radius 2 is 1.74 bits per heavy atom. The van der Waals surface area contributed by atoms with Crippen molar-refractivity contribution in [1.82, 2.24) is 4.90 Å². The zero-order valence-electron chi connectivity index (χ0n) is 12.1. The molecule has 0 aromatic heterocycles. The molecule has 3 rings (SSSR count). The molecular weight excluding hydrogens is 334 g/mol. The first-order chi connectivity index (χ1) is 11.1. The second-order valence-corrected chi connectivity index (χ2v) is 6.72. The number of hydrogen-bond donors (Lipinski definition) is 1. The van der Waals surface area contributed by atoms with Gasteiger partial charge in [0, 0.05) is 16.3 Å². The fourth-order valence-corrected chi connectivity index (χ4v) is 4.11. The average Bonchev–Trinajstić information content (AvgIpc) is 3.01. The summed E-state index contributed by atoms with van der Waals surface area (Å²) in [6.07, 6.45) is 0. The van der Waals surface area contributed by atoms with Crippen molar-refractivity contribution >= 4 is 35.2 Å². The molecule has 6 heteroatoms. The van der Waals surface area contributed by atoms with Gasteiger partial charge >= 0.3 is 5.97 Å². The molecule has 1 fully saturated rings. The second kappa shape index (κ2) is 6.64. The third-order valence-corrected chi connectivity index (χ3v) is 5.27. The first-order valence-electron chi connectivity index (χ1n) is 7.05. The highest BCUT2D eigenvalue weighted by atomic mass is 35.5. The van der Waals surface area contributed by atoms with Crippen LogP contribution in [0.2, 0.25) is 5.02 Å². The van der Waals surface area contributed by atoms with Crippen molar-refractivity contribution < 1.29 is 14.7 Å². The van der Waals surface area contributed by atoms with Crippen LogP contribution in [0, 0.1) is 0 Å². The molecule has 1 aliphatic rings. The first kappa shape index (κ1) is 15.9. The minimum absolute atomic E-state index is 0.298. The molecule has 0 spiro atoms. The third-order valence-electron chi connectivity index (χ3n) is 3.70. The smallest absolute Gasteiger partial charge is 0.327 e. The lowest BCUT2D eigenvalue weighted by molar-refractivity contribution is -0.141. The van der Waals surface area contributed by atoms with Crippen molar-refractivity contribution in [3.63, 3.8) is 0 Å². The zero-order valence-corrected chi connectivity index (χ0v) is 13.6. The van der Waals surface area contributed by atoms with Gasteiger partial charge < -0.3 is 10.0 Å². The molecule has 1 aliphatic heterocycles. The van der Waals surface area contributed by atoms with Gasteiger partial charge in [0.2, 0.25) is 0 Å². The standard InChI is InChI=1S/C17H14ClNO3S/c18-13-8-6-11(7-9-13)15(20)19-14(17(21)22)10-23-16(19)12-4-2-1-3-5-12/h1-9,14,16H,10H2,(H,21,22). The van der Waals surface area contributed by atoms with E-state index in [2.05, 4.69) is 0 Å². The molecule has 0 aliphatic carbocycles. The van der Waals surface area contributed by atoms with E-state index < -0.39 is 12.0 Å². The van der Waals surface area contributed by atoms with Gasteiger partial charge in [0.05, 0.1) is 0 Å².